The molecule has 184 valence electrons. The van der Waals surface area contributed by atoms with Crippen LogP contribution in [0.4, 0.5) is 0 Å². The predicted octanol–water partition coefficient (Wildman–Crippen LogP) is 10.9. The second-order valence-corrected chi connectivity index (χ2v) is 9.80. The standard InChI is InChI=1S/C30H58O/c1-3-5-7-9-11-13-15-16-17-18-19-21-23-25-27-29-30(31)28-26-24-22-20-14-12-10-8-6-4-2/h16-17H,3-15,18-29H2,1-2H3. The highest BCUT2D eigenvalue weighted by Crippen LogP contribution is 2.13. The summed E-state index contributed by atoms with van der Waals surface area (Å²) in [4.78, 5) is 12.0. The lowest BCUT2D eigenvalue weighted by molar-refractivity contribution is -0.119. The highest BCUT2D eigenvalue weighted by Gasteiger charge is 2.02. The second kappa shape index (κ2) is 27.4. The fourth-order valence-electron chi connectivity index (χ4n) is 4.33. The van der Waals surface area contributed by atoms with Gasteiger partial charge in [-0.2, -0.15) is 0 Å². The smallest absolute Gasteiger partial charge is 0.132 e. The number of ketones is 1. The van der Waals surface area contributed by atoms with E-state index in [2.05, 4.69) is 26.0 Å². The molecule has 31 heavy (non-hydrogen) atoms. The van der Waals surface area contributed by atoms with Crippen LogP contribution in [0.3, 0.4) is 0 Å². The minimum Gasteiger partial charge on any atom is -0.300 e. The van der Waals surface area contributed by atoms with Gasteiger partial charge in [0.1, 0.15) is 5.78 Å². The van der Waals surface area contributed by atoms with Crippen molar-refractivity contribution in [3.63, 3.8) is 0 Å². The van der Waals surface area contributed by atoms with Crippen LogP contribution in [0.15, 0.2) is 12.2 Å². The fraction of sp³-hybridized carbons (Fsp3) is 0.900. The molecule has 0 saturated heterocycles. The summed E-state index contributed by atoms with van der Waals surface area (Å²) in [5.41, 5.74) is 0. The van der Waals surface area contributed by atoms with Crippen molar-refractivity contribution in [1.29, 1.82) is 0 Å². The average Bonchev–Trinajstić information content (AvgIpc) is 2.77. The molecule has 0 heterocycles. The molecule has 0 atom stereocenters. The molecule has 0 unspecified atom stereocenters. The Kier molecular flexibility index (Phi) is 26.9. The van der Waals surface area contributed by atoms with Crippen molar-refractivity contribution in [2.45, 2.75) is 174 Å². The first-order valence-electron chi connectivity index (χ1n) is 14.5. The Morgan fingerprint density at radius 1 is 0.419 bits per heavy atom. The maximum Gasteiger partial charge on any atom is 0.132 e. The van der Waals surface area contributed by atoms with Crippen LogP contribution >= 0.6 is 0 Å². The zero-order valence-electron chi connectivity index (χ0n) is 21.7. The van der Waals surface area contributed by atoms with Crippen molar-refractivity contribution in [2.24, 2.45) is 0 Å². The first-order valence-corrected chi connectivity index (χ1v) is 14.5. The molecule has 0 bridgehead atoms. The molecule has 0 aliphatic rings. The van der Waals surface area contributed by atoms with E-state index in [1.54, 1.807) is 0 Å². The Hall–Kier alpha value is -0.590. The number of allylic oxidation sites excluding steroid dienone is 2. The van der Waals surface area contributed by atoms with E-state index in [1.807, 2.05) is 0 Å². The van der Waals surface area contributed by atoms with Crippen LogP contribution in [0.25, 0.3) is 0 Å². The van der Waals surface area contributed by atoms with E-state index in [4.69, 9.17) is 0 Å². The van der Waals surface area contributed by atoms with Gasteiger partial charge in [-0.3, -0.25) is 4.79 Å². The molecule has 0 aromatic rings. The quantitative estimate of drug-likeness (QED) is 0.0976. The molecule has 1 nitrogen and oxygen atoms in total. The summed E-state index contributed by atoms with van der Waals surface area (Å²) in [7, 11) is 0. The van der Waals surface area contributed by atoms with Gasteiger partial charge in [0.05, 0.1) is 0 Å². The van der Waals surface area contributed by atoms with Gasteiger partial charge in [0.15, 0.2) is 0 Å². The van der Waals surface area contributed by atoms with Crippen LogP contribution < -0.4 is 0 Å². The van der Waals surface area contributed by atoms with Crippen LogP contribution in [-0.4, -0.2) is 5.78 Å². The first-order chi connectivity index (χ1) is 15.3. The summed E-state index contributed by atoms with van der Waals surface area (Å²) in [6, 6.07) is 0. The lowest BCUT2D eigenvalue weighted by atomic mass is 10.0. The summed E-state index contributed by atoms with van der Waals surface area (Å²) in [5, 5.41) is 0. The lowest BCUT2D eigenvalue weighted by Gasteiger charge is -2.03. The Morgan fingerprint density at radius 3 is 1.06 bits per heavy atom. The normalized spacial score (nSPS) is 11.5. The molecule has 0 aliphatic carbocycles. The van der Waals surface area contributed by atoms with Crippen LogP contribution in [0, 0.1) is 0 Å². The van der Waals surface area contributed by atoms with E-state index in [-0.39, 0.29) is 0 Å². The summed E-state index contributed by atoms with van der Waals surface area (Å²) in [6.07, 6.45) is 37.1. The molecule has 0 amide bonds. The van der Waals surface area contributed by atoms with E-state index >= 15 is 0 Å². The molecule has 1 heteroatoms. The number of rotatable bonds is 26. The number of carbonyl (C=O) groups is 1. The Balaban J connectivity index is 3.20. The molecule has 0 N–H and O–H groups in total. The molecule has 0 aliphatic heterocycles. The molecule has 0 fully saturated rings. The number of hydrogen-bond acceptors (Lipinski definition) is 1. The van der Waals surface area contributed by atoms with Crippen LogP contribution in [0.2, 0.25) is 0 Å². The van der Waals surface area contributed by atoms with Crippen molar-refractivity contribution in [2.75, 3.05) is 0 Å². The summed E-state index contributed by atoms with van der Waals surface area (Å²) >= 11 is 0. The Morgan fingerprint density at radius 2 is 0.710 bits per heavy atom. The van der Waals surface area contributed by atoms with Gasteiger partial charge in [-0.25, -0.2) is 0 Å². The van der Waals surface area contributed by atoms with E-state index in [0.717, 1.165) is 25.7 Å². The van der Waals surface area contributed by atoms with E-state index in [0.29, 0.717) is 5.78 Å². The maximum absolute atomic E-state index is 12.0. The van der Waals surface area contributed by atoms with Crippen LogP contribution in [0.5, 0.6) is 0 Å². The first kappa shape index (κ1) is 30.4. The van der Waals surface area contributed by atoms with Gasteiger partial charge in [0, 0.05) is 12.8 Å². The molecular formula is C30H58O. The third kappa shape index (κ3) is 27.4. The van der Waals surface area contributed by atoms with Gasteiger partial charge in [0.25, 0.3) is 0 Å². The SMILES string of the molecule is CCCCCCCCC=CCCCCCCCC(=O)CCCCCCCCCCCC. The van der Waals surface area contributed by atoms with Crippen molar-refractivity contribution >= 4 is 5.78 Å². The number of Topliss-reactive ketones (excluding diaryl/α,β-unsaturated/α-hetero) is 1. The molecule has 0 saturated carbocycles. The van der Waals surface area contributed by atoms with Gasteiger partial charge < -0.3 is 0 Å². The topological polar surface area (TPSA) is 17.1 Å². The number of carbonyl (C=O) groups excluding carboxylic acids is 1. The third-order valence-corrected chi connectivity index (χ3v) is 6.53. The Labute approximate surface area is 197 Å². The molecular weight excluding hydrogens is 376 g/mol. The van der Waals surface area contributed by atoms with Crippen molar-refractivity contribution in [3.8, 4) is 0 Å². The van der Waals surface area contributed by atoms with Crippen molar-refractivity contribution in [3.05, 3.63) is 12.2 Å². The minimum atomic E-state index is 0.511. The van der Waals surface area contributed by atoms with Gasteiger partial charge >= 0.3 is 0 Å². The number of hydrogen-bond donors (Lipinski definition) is 0. The van der Waals surface area contributed by atoms with E-state index in [1.165, 1.54) is 135 Å². The third-order valence-electron chi connectivity index (χ3n) is 6.53. The number of unbranched alkanes of at least 4 members (excludes halogenated alkanes) is 20. The highest BCUT2D eigenvalue weighted by molar-refractivity contribution is 5.78. The zero-order valence-corrected chi connectivity index (χ0v) is 21.7. The van der Waals surface area contributed by atoms with E-state index in [9.17, 15) is 4.79 Å². The molecule has 0 aromatic heterocycles. The molecule has 0 rings (SSSR count). The average molecular weight is 435 g/mol. The highest BCUT2D eigenvalue weighted by atomic mass is 16.1. The maximum atomic E-state index is 12.0. The molecule has 0 radical (unpaired) electrons. The van der Waals surface area contributed by atoms with Gasteiger partial charge in [-0.05, 0) is 38.5 Å². The van der Waals surface area contributed by atoms with E-state index < -0.39 is 0 Å². The van der Waals surface area contributed by atoms with Gasteiger partial charge in [-0.1, -0.05) is 135 Å². The van der Waals surface area contributed by atoms with Crippen molar-refractivity contribution in [1.82, 2.24) is 0 Å². The zero-order chi connectivity index (χ0) is 22.7. The summed E-state index contributed by atoms with van der Waals surface area (Å²) < 4.78 is 0. The van der Waals surface area contributed by atoms with Gasteiger partial charge in [-0.15, -0.1) is 0 Å². The second-order valence-electron chi connectivity index (χ2n) is 9.80. The molecule has 0 aromatic carbocycles. The predicted molar refractivity (Wildman–Crippen MR) is 141 cm³/mol. The van der Waals surface area contributed by atoms with Crippen LogP contribution in [-0.2, 0) is 4.79 Å². The van der Waals surface area contributed by atoms with Gasteiger partial charge in [0.2, 0.25) is 0 Å². The monoisotopic (exact) mass is 434 g/mol. The summed E-state index contributed by atoms with van der Waals surface area (Å²) in [5.74, 6) is 0.511. The lowest BCUT2D eigenvalue weighted by Crippen LogP contribution is -1.97. The fourth-order valence-corrected chi connectivity index (χ4v) is 4.33. The molecule has 0 spiro atoms. The summed E-state index contributed by atoms with van der Waals surface area (Å²) in [6.45, 7) is 4.56. The van der Waals surface area contributed by atoms with Crippen molar-refractivity contribution < 1.29 is 4.79 Å². The largest absolute Gasteiger partial charge is 0.300 e. The minimum absolute atomic E-state index is 0.511. The Bertz CT molecular complexity index is 371. The van der Waals surface area contributed by atoms with Crippen LogP contribution in [0.1, 0.15) is 174 Å².